The molecule has 1 aliphatic rings. The summed E-state index contributed by atoms with van der Waals surface area (Å²) in [6, 6.07) is 9.56. The average Bonchev–Trinajstić information content (AvgIpc) is 2.58. The van der Waals surface area contributed by atoms with E-state index in [-0.39, 0.29) is 5.57 Å². The van der Waals surface area contributed by atoms with Crippen molar-refractivity contribution in [1.82, 2.24) is 0 Å². The number of carbonyl (C=O) groups is 1. The van der Waals surface area contributed by atoms with Crippen LogP contribution in [-0.4, -0.2) is 13.0 Å². The second-order valence-electron chi connectivity index (χ2n) is 3.29. The summed E-state index contributed by atoms with van der Waals surface area (Å²) < 4.78 is 0. The molecule has 0 bridgehead atoms. The molecule has 2 rings (SSSR count). The molecule has 2 N–H and O–H groups in total. The number of rotatable bonds is 1. The molecule has 0 radical (unpaired) electrons. The van der Waals surface area contributed by atoms with Gasteiger partial charge in [0.05, 0.1) is 5.69 Å². The van der Waals surface area contributed by atoms with Crippen LogP contribution in [0.3, 0.4) is 0 Å². The molecule has 0 saturated carbocycles. The average molecular weight is 231 g/mol. The summed E-state index contributed by atoms with van der Waals surface area (Å²) in [5.41, 5.74) is 6.15. The number of nitriles is 1. The van der Waals surface area contributed by atoms with Crippen LogP contribution >= 0.6 is 11.8 Å². The minimum absolute atomic E-state index is 0.00343. The third-order valence-electron chi connectivity index (χ3n) is 2.31. The smallest absolute Gasteiger partial charge is 0.262 e. The van der Waals surface area contributed by atoms with E-state index in [1.807, 2.05) is 42.3 Å². The minimum Gasteiger partial charge on any atom is -0.365 e. The molecule has 0 aliphatic carbocycles. The lowest BCUT2D eigenvalue weighted by Crippen LogP contribution is -2.19. The van der Waals surface area contributed by atoms with Crippen molar-refractivity contribution < 1.29 is 4.79 Å². The molecule has 5 heteroatoms. The number of para-hydroxylation sites is 1. The summed E-state index contributed by atoms with van der Waals surface area (Å²) in [5, 5.41) is 9.50. The molecule has 1 amide bonds. The van der Waals surface area contributed by atoms with Gasteiger partial charge in [-0.3, -0.25) is 4.79 Å². The number of benzene rings is 1. The number of thioether (sulfide) groups is 1. The fraction of sp³-hybridized carbons (Fsp3) is 0.0909. The van der Waals surface area contributed by atoms with Crippen LogP contribution < -0.4 is 10.6 Å². The topological polar surface area (TPSA) is 70.1 Å². The van der Waals surface area contributed by atoms with Gasteiger partial charge in [0.15, 0.2) is 0 Å². The third-order valence-corrected chi connectivity index (χ3v) is 3.55. The van der Waals surface area contributed by atoms with Gasteiger partial charge in [0.2, 0.25) is 0 Å². The molecule has 0 spiro atoms. The Morgan fingerprint density at radius 2 is 2.19 bits per heavy atom. The van der Waals surface area contributed by atoms with Crippen molar-refractivity contribution in [1.29, 1.82) is 5.26 Å². The molecule has 0 atom stereocenters. The maximum atomic E-state index is 11.1. The van der Waals surface area contributed by atoms with E-state index < -0.39 is 5.91 Å². The molecule has 1 heterocycles. The Labute approximate surface area is 97.3 Å². The van der Waals surface area contributed by atoms with Gasteiger partial charge in [-0.25, -0.2) is 0 Å². The SMILES string of the molecule is CN1C(=C(C#N)C(N)=O)Sc2ccccc21. The largest absolute Gasteiger partial charge is 0.365 e. The van der Waals surface area contributed by atoms with Gasteiger partial charge in [0.25, 0.3) is 5.91 Å². The Hall–Kier alpha value is -1.93. The zero-order valence-corrected chi connectivity index (χ0v) is 9.41. The highest BCUT2D eigenvalue weighted by atomic mass is 32.2. The molecular formula is C11H9N3OS. The number of carbonyl (C=O) groups excluding carboxylic acids is 1. The highest BCUT2D eigenvalue weighted by molar-refractivity contribution is 8.03. The third kappa shape index (κ3) is 1.53. The Bertz CT molecular complexity index is 530. The minimum atomic E-state index is -0.690. The van der Waals surface area contributed by atoms with Crippen LogP contribution in [0.5, 0.6) is 0 Å². The van der Waals surface area contributed by atoms with E-state index in [2.05, 4.69) is 0 Å². The molecule has 1 aromatic carbocycles. The molecule has 0 unspecified atom stereocenters. The van der Waals surface area contributed by atoms with E-state index >= 15 is 0 Å². The summed E-state index contributed by atoms with van der Waals surface area (Å²) in [6.07, 6.45) is 0. The van der Waals surface area contributed by atoms with Gasteiger partial charge in [-0.05, 0) is 12.1 Å². The van der Waals surface area contributed by atoms with E-state index in [1.165, 1.54) is 11.8 Å². The summed E-state index contributed by atoms with van der Waals surface area (Å²) in [6.45, 7) is 0. The second-order valence-corrected chi connectivity index (χ2v) is 4.32. The molecule has 4 nitrogen and oxygen atoms in total. The van der Waals surface area contributed by atoms with Crippen LogP contribution in [0.2, 0.25) is 0 Å². The van der Waals surface area contributed by atoms with Crippen molar-refractivity contribution in [2.45, 2.75) is 4.90 Å². The van der Waals surface area contributed by atoms with Crippen molar-refractivity contribution in [3.63, 3.8) is 0 Å². The lowest BCUT2D eigenvalue weighted by atomic mass is 10.2. The van der Waals surface area contributed by atoms with Crippen LogP contribution in [0.1, 0.15) is 0 Å². The number of primary amides is 1. The number of nitrogens with two attached hydrogens (primary N) is 1. The van der Waals surface area contributed by atoms with Crippen molar-refractivity contribution in [3.8, 4) is 6.07 Å². The quantitative estimate of drug-likeness (QED) is 0.586. The first-order valence-corrected chi connectivity index (χ1v) is 5.41. The van der Waals surface area contributed by atoms with Gasteiger partial charge in [0.1, 0.15) is 16.7 Å². The fourth-order valence-corrected chi connectivity index (χ4v) is 2.68. The molecular weight excluding hydrogens is 222 g/mol. The molecule has 1 aliphatic heterocycles. The lowest BCUT2D eigenvalue weighted by Gasteiger charge is -2.13. The van der Waals surface area contributed by atoms with Gasteiger partial charge in [-0.15, -0.1) is 0 Å². The Kier molecular flexibility index (Phi) is 2.59. The maximum absolute atomic E-state index is 11.1. The Balaban J connectivity index is 2.53. The number of amides is 1. The van der Waals surface area contributed by atoms with Crippen LogP contribution in [0.4, 0.5) is 5.69 Å². The molecule has 80 valence electrons. The van der Waals surface area contributed by atoms with E-state index in [4.69, 9.17) is 11.0 Å². The zero-order chi connectivity index (χ0) is 11.7. The van der Waals surface area contributed by atoms with Crippen LogP contribution in [0.25, 0.3) is 0 Å². The van der Waals surface area contributed by atoms with E-state index in [1.54, 1.807) is 0 Å². The number of hydrogen-bond acceptors (Lipinski definition) is 4. The van der Waals surface area contributed by atoms with Crippen LogP contribution in [0.15, 0.2) is 39.8 Å². The fourth-order valence-electron chi connectivity index (χ4n) is 1.53. The van der Waals surface area contributed by atoms with Crippen LogP contribution in [0, 0.1) is 11.3 Å². The standard InChI is InChI=1S/C11H9N3OS/c1-14-8-4-2-3-5-9(8)16-11(14)7(6-12)10(13)15/h2-5H,1H3,(H2,13,15). The molecule has 16 heavy (non-hydrogen) atoms. The Morgan fingerprint density at radius 3 is 2.75 bits per heavy atom. The summed E-state index contributed by atoms with van der Waals surface area (Å²) in [7, 11) is 1.81. The maximum Gasteiger partial charge on any atom is 0.262 e. The van der Waals surface area contributed by atoms with Crippen molar-refractivity contribution in [3.05, 3.63) is 34.9 Å². The van der Waals surface area contributed by atoms with Gasteiger partial charge in [-0.1, -0.05) is 23.9 Å². The summed E-state index contributed by atoms with van der Waals surface area (Å²) in [4.78, 5) is 13.9. The van der Waals surface area contributed by atoms with Gasteiger partial charge in [0, 0.05) is 11.9 Å². The van der Waals surface area contributed by atoms with E-state index in [9.17, 15) is 4.79 Å². The van der Waals surface area contributed by atoms with E-state index in [0.717, 1.165) is 10.6 Å². The first-order chi connectivity index (χ1) is 7.65. The lowest BCUT2D eigenvalue weighted by molar-refractivity contribution is -0.114. The normalized spacial score (nSPS) is 16.6. The van der Waals surface area contributed by atoms with Gasteiger partial charge < -0.3 is 10.6 Å². The molecule has 0 aromatic heterocycles. The van der Waals surface area contributed by atoms with Crippen molar-refractivity contribution in [2.24, 2.45) is 5.73 Å². The predicted octanol–water partition coefficient (Wildman–Crippen LogP) is 1.45. The second kappa shape index (κ2) is 3.91. The predicted molar refractivity (Wildman–Crippen MR) is 62.5 cm³/mol. The number of anilines is 1. The van der Waals surface area contributed by atoms with Crippen molar-refractivity contribution in [2.75, 3.05) is 11.9 Å². The first kappa shape index (κ1) is 10.6. The first-order valence-electron chi connectivity index (χ1n) is 4.60. The number of nitrogens with zero attached hydrogens (tertiary/aromatic N) is 2. The highest BCUT2D eigenvalue weighted by Gasteiger charge is 2.26. The monoisotopic (exact) mass is 231 g/mol. The highest BCUT2D eigenvalue weighted by Crippen LogP contribution is 2.45. The summed E-state index contributed by atoms with van der Waals surface area (Å²) in [5.74, 6) is -0.690. The summed E-state index contributed by atoms with van der Waals surface area (Å²) >= 11 is 1.39. The zero-order valence-electron chi connectivity index (χ0n) is 8.60. The number of hydrogen-bond donors (Lipinski definition) is 1. The van der Waals surface area contributed by atoms with E-state index in [0.29, 0.717) is 5.03 Å². The Morgan fingerprint density at radius 1 is 1.50 bits per heavy atom. The molecule has 0 saturated heterocycles. The molecule has 0 fully saturated rings. The molecule has 1 aromatic rings. The van der Waals surface area contributed by atoms with Crippen LogP contribution in [-0.2, 0) is 4.79 Å². The number of fused-ring (bicyclic) bond motifs is 1. The van der Waals surface area contributed by atoms with Crippen molar-refractivity contribution >= 4 is 23.4 Å². The van der Waals surface area contributed by atoms with Gasteiger partial charge >= 0.3 is 0 Å². The van der Waals surface area contributed by atoms with Gasteiger partial charge in [-0.2, -0.15) is 5.26 Å².